The van der Waals surface area contributed by atoms with Crippen LogP contribution in [0.5, 0.6) is 0 Å². The van der Waals surface area contributed by atoms with E-state index in [1.165, 1.54) is 18.2 Å². The van der Waals surface area contributed by atoms with Gasteiger partial charge in [0.2, 0.25) is 0 Å². The molecule has 1 heterocycles. The number of benzene rings is 2. The predicted octanol–water partition coefficient (Wildman–Crippen LogP) is 4.38. The van der Waals surface area contributed by atoms with Gasteiger partial charge in [-0.2, -0.15) is 0 Å². The highest BCUT2D eigenvalue weighted by Crippen LogP contribution is 2.47. The van der Waals surface area contributed by atoms with Gasteiger partial charge in [0.1, 0.15) is 11.6 Å². The van der Waals surface area contributed by atoms with Gasteiger partial charge in [-0.05, 0) is 54.3 Å². The molecule has 29 heavy (non-hydrogen) atoms. The Morgan fingerprint density at radius 3 is 2.17 bits per heavy atom. The average Bonchev–Trinajstić information content (AvgIpc) is 3.01. The average molecular weight is 445 g/mol. The Balaban J connectivity index is 0.00000150. The van der Waals surface area contributed by atoms with Crippen LogP contribution in [0.2, 0.25) is 0 Å². The SMILES string of the molecule is CC(O)CN1CCN(C2CC(c3ccc(F)cc3)c3ccc(F)cc32)CC1.Cl.Cl. The highest BCUT2D eigenvalue weighted by Gasteiger charge is 2.36. The van der Waals surface area contributed by atoms with Crippen LogP contribution < -0.4 is 0 Å². The fraction of sp³-hybridized carbons (Fsp3) is 0.455. The lowest BCUT2D eigenvalue weighted by atomic mass is 9.93. The van der Waals surface area contributed by atoms with Gasteiger partial charge < -0.3 is 5.11 Å². The van der Waals surface area contributed by atoms with Gasteiger partial charge >= 0.3 is 0 Å². The van der Waals surface area contributed by atoms with Crippen LogP contribution in [-0.4, -0.2) is 53.7 Å². The van der Waals surface area contributed by atoms with Crippen LogP contribution in [0.4, 0.5) is 8.78 Å². The van der Waals surface area contributed by atoms with Crippen molar-refractivity contribution < 1.29 is 13.9 Å². The van der Waals surface area contributed by atoms with Crippen molar-refractivity contribution in [3.05, 3.63) is 70.8 Å². The molecule has 3 unspecified atom stereocenters. The summed E-state index contributed by atoms with van der Waals surface area (Å²) in [6.07, 6.45) is 0.571. The quantitative estimate of drug-likeness (QED) is 0.757. The van der Waals surface area contributed by atoms with Gasteiger partial charge in [-0.3, -0.25) is 9.80 Å². The second-order valence-corrected chi connectivity index (χ2v) is 7.81. The topological polar surface area (TPSA) is 26.7 Å². The summed E-state index contributed by atoms with van der Waals surface area (Å²) in [5.74, 6) is -0.269. The van der Waals surface area contributed by atoms with Crippen LogP contribution in [-0.2, 0) is 0 Å². The molecular weight excluding hydrogens is 417 g/mol. The zero-order valence-electron chi connectivity index (χ0n) is 16.4. The van der Waals surface area contributed by atoms with E-state index in [0.29, 0.717) is 6.54 Å². The van der Waals surface area contributed by atoms with Gasteiger partial charge in [0, 0.05) is 44.7 Å². The maximum atomic E-state index is 14.0. The number of rotatable bonds is 4. The van der Waals surface area contributed by atoms with Crippen molar-refractivity contribution in [3.63, 3.8) is 0 Å². The second-order valence-electron chi connectivity index (χ2n) is 7.81. The van der Waals surface area contributed by atoms with Gasteiger partial charge in [-0.1, -0.05) is 18.2 Å². The third-order valence-electron chi connectivity index (χ3n) is 5.88. The fourth-order valence-corrected chi connectivity index (χ4v) is 4.62. The summed E-state index contributed by atoms with van der Waals surface area (Å²) in [4.78, 5) is 4.71. The first-order valence-electron chi connectivity index (χ1n) is 9.70. The van der Waals surface area contributed by atoms with E-state index in [1.807, 2.05) is 25.1 Å². The van der Waals surface area contributed by atoms with E-state index < -0.39 is 0 Å². The zero-order chi connectivity index (χ0) is 19.0. The van der Waals surface area contributed by atoms with Crippen molar-refractivity contribution >= 4 is 24.8 Å². The lowest BCUT2D eigenvalue weighted by molar-refractivity contribution is 0.0614. The zero-order valence-corrected chi connectivity index (χ0v) is 18.1. The summed E-state index contributed by atoms with van der Waals surface area (Å²) in [7, 11) is 0. The largest absolute Gasteiger partial charge is 0.392 e. The van der Waals surface area contributed by atoms with E-state index in [0.717, 1.165) is 49.3 Å². The standard InChI is InChI=1S/C22H26F2N2O.2ClH/c1-15(27)14-25-8-10-26(11-9-25)22-13-20(16-2-4-17(23)5-3-16)19-7-6-18(24)12-21(19)22;;/h2-7,12,15,20,22,27H,8-11,13-14H2,1H3;2*1H. The molecule has 0 radical (unpaired) electrons. The lowest BCUT2D eigenvalue weighted by Gasteiger charge is -2.38. The maximum Gasteiger partial charge on any atom is 0.123 e. The van der Waals surface area contributed by atoms with Crippen LogP contribution in [0.15, 0.2) is 42.5 Å². The molecule has 0 bridgehead atoms. The van der Waals surface area contributed by atoms with Crippen molar-refractivity contribution in [3.8, 4) is 0 Å². The molecular formula is C22H28Cl2F2N2O. The minimum Gasteiger partial charge on any atom is -0.392 e. The first-order valence-corrected chi connectivity index (χ1v) is 9.70. The van der Waals surface area contributed by atoms with Crippen LogP contribution in [0.1, 0.15) is 42.0 Å². The predicted molar refractivity (Wildman–Crippen MR) is 116 cm³/mol. The Hall–Kier alpha value is -1.24. The van der Waals surface area contributed by atoms with Crippen molar-refractivity contribution in [1.29, 1.82) is 0 Å². The first-order chi connectivity index (χ1) is 13.0. The smallest absolute Gasteiger partial charge is 0.123 e. The number of β-amino-alcohol motifs (C(OH)–C–C–N with tert-alkyl or cyclic N) is 1. The number of hydrogen-bond acceptors (Lipinski definition) is 3. The van der Waals surface area contributed by atoms with Crippen LogP contribution in [0.3, 0.4) is 0 Å². The molecule has 1 saturated heterocycles. The summed E-state index contributed by atoms with van der Waals surface area (Å²) in [6.45, 7) is 6.14. The van der Waals surface area contributed by atoms with Crippen molar-refractivity contribution in [2.75, 3.05) is 32.7 Å². The minimum atomic E-state index is -0.319. The molecule has 4 rings (SSSR count). The minimum absolute atomic E-state index is 0. The van der Waals surface area contributed by atoms with Gasteiger partial charge in [0.25, 0.3) is 0 Å². The molecule has 1 aliphatic carbocycles. The normalized spacial score (nSPS) is 23.0. The first kappa shape index (κ1) is 24.0. The van der Waals surface area contributed by atoms with Gasteiger partial charge in [0.05, 0.1) is 6.10 Å². The molecule has 0 spiro atoms. The molecule has 0 aromatic heterocycles. The molecule has 2 aliphatic rings. The molecule has 0 saturated carbocycles. The Kier molecular flexibility index (Phi) is 8.44. The Morgan fingerprint density at radius 1 is 0.931 bits per heavy atom. The Bertz CT molecular complexity index is 796. The van der Waals surface area contributed by atoms with E-state index in [4.69, 9.17) is 0 Å². The molecule has 1 fully saturated rings. The Labute approximate surface area is 183 Å². The lowest BCUT2D eigenvalue weighted by Crippen LogP contribution is -2.49. The van der Waals surface area contributed by atoms with E-state index in [9.17, 15) is 13.9 Å². The van der Waals surface area contributed by atoms with Crippen molar-refractivity contribution in [2.45, 2.75) is 31.4 Å². The van der Waals surface area contributed by atoms with E-state index >= 15 is 0 Å². The summed E-state index contributed by atoms with van der Waals surface area (Å²) in [5, 5.41) is 9.60. The molecule has 160 valence electrons. The second kappa shape index (κ2) is 10.2. The van der Waals surface area contributed by atoms with Gasteiger partial charge in [-0.25, -0.2) is 8.78 Å². The van der Waals surface area contributed by atoms with E-state index in [1.54, 1.807) is 6.07 Å². The number of piperazine rings is 1. The molecule has 7 heteroatoms. The summed E-state index contributed by atoms with van der Waals surface area (Å²) >= 11 is 0. The van der Waals surface area contributed by atoms with Gasteiger partial charge in [-0.15, -0.1) is 24.8 Å². The van der Waals surface area contributed by atoms with Crippen molar-refractivity contribution in [2.24, 2.45) is 0 Å². The van der Waals surface area contributed by atoms with Crippen LogP contribution in [0, 0.1) is 11.6 Å². The number of hydrogen-bond donors (Lipinski definition) is 1. The monoisotopic (exact) mass is 444 g/mol. The number of fused-ring (bicyclic) bond motifs is 1. The molecule has 3 atom stereocenters. The maximum absolute atomic E-state index is 14.0. The molecule has 1 aliphatic heterocycles. The highest BCUT2D eigenvalue weighted by molar-refractivity contribution is 5.85. The number of aliphatic hydroxyl groups excluding tert-OH is 1. The third kappa shape index (κ3) is 5.28. The summed E-state index contributed by atoms with van der Waals surface area (Å²) < 4.78 is 27.3. The summed E-state index contributed by atoms with van der Waals surface area (Å²) in [5.41, 5.74) is 3.30. The number of nitrogens with zero attached hydrogens (tertiary/aromatic N) is 2. The fourth-order valence-electron chi connectivity index (χ4n) is 4.62. The van der Waals surface area contributed by atoms with Crippen LogP contribution in [0.25, 0.3) is 0 Å². The highest BCUT2D eigenvalue weighted by atomic mass is 35.5. The third-order valence-corrected chi connectivity index (χ3v) is 5.88. The molecule has 0 amide bonds. The van der Waals surface area contributed by atoms with Crippen molar-refractivity contribution in [1.82, 2.24) is 9.80 Å². The van der Waals surface area contributed by atoms with Crippen LogP contribution >= 0.6 is 24.8 Å². The van der Waals surface area contributed by atoms with E-state index in [-0.39, 0.29) is 54.5 Å². The molecule has 2 aromatic carbocycles. The van der Waals surface area contributed by atoms with Gasteiger partial charge in [0.15, 0.2) is 0 Å². The number of halogens is 4. The Morgan fingerprint density at radius 2 is 1.55 bits per heavy atom. The molecule has 1 N–H and O–H groups in total. The molecule has 3 nitrogen and oxygen atoms in total. The molecule has 2 aromatic rings. The number of aliphatic hydroxyl groups is 1. The summed E-state index contributed by atoms with van der Waals surface area (Å²) in [6, 6.07) is 12.0. The van der Waals surface area contributed by atoms with E-state index in [2.05, 4.69) is 9.80 Å².